The highest BCUT2D eigenvalue weighted by molar-refractivity contribution is 5.98. The second-order valence-corrected chi connectivity index (χ2v) is 14.7. The van der Waals surface area contributed by atoms with Crippen LogP contribution in [0.1, 0.15) is 90.0 Å². The van der Waals surface area contributed by atoms with Crippen molar-refractivity contribution in [1.29, 1.82) is 0 Å². The lowest BCUT2D eigenvalue weighted by Crippen LogP contribution is -2.01. The van der Waals surface area contributed by atoms with Crippen LogP contribution in [0.2, 0.25) is 0 Å². The number of unbranched alkanes of at least 4 members (excludes halogenated alkanes) is 1. The summed E-state index contributed by atoms with van der Waals surface area (Å²) in [6.07, 6.45) is 12.9. The number of fused-ring (bicyclic) bond motifs is 8. The van der Waals surface area contributed by atoms with Gasteiger partial charge in [-0.25, -0.2) is 9.97 Å². The largest absolute Gasteiger partial charge is 0.361 e. The van der Waals surface area contributed by atoms with E-state index >= 15 is 0 Å². The van der Waals surface area contributed by atoms with E-state index in [2.05, 4.69) is 157 Å². The minimum absolute atomic E-state index is 0.188. The normalized spacial score (nSPS) is 13.9. The quantitative estimate of drug-likeness (QED) is 0.145. The van der Waals surface area contributed by atoms with E-state index in [-0.39, 0.29) is 11.7 Å². The molecule has 5 heterocycles. The van der Waals surface area contributed by atoms with Crippen LogP contribution in [0.25, 0.3) is 79.8 Å². The van der Waals surface area contributed by atoms with Gasteiger partial charge in [-0.1, -0.05) is 136 Å². The van der Waals surface area contributed by atoms with Crippen molar-refractivity contribution in [2.45, 2.75) is 51.9 Å². The van der Waals surface area contributed by atoms with E-state index < -0.39 is 0 Å². The van der Waals surface area contributed by atoms with E-state index in [4.69, 9.17) is 9.97 Å². The number of rotatable bonds is 9. The van der Waals surface area contributed by atoms with Gasteiger partial charge in [-0.3, -0.25) is 4.79 Å². The molecular formula is C51H44N4O. The molecule has 2 aromatic heterocycles. The molecule has 4 aromatic carbocycles. The van der Waals surface area contributed by atoms with Gasteiger partial charge in [0, 0.05) is 62.6 Å². The van der Waals surface area contributed by atoms with E-state index in [1.165, 1.54) is 0 Å². The van der Waals surface area contributed by atoms with Crippen molar-refractivity contribution in [2.24, 2.45) is 0 Å². The Morgan fingerprint density at radius 3 is 1.52 bits per heavy atom. The number of Topliss-reactive ketones (excluding diaryl/α,β-unsaturated/α-hetero) is 1. The first-order chi connectivity index (χ1) is 27.6. The summed E-state index contributed by atoms with van der Waals surface area (Å²) >= 11 is 0. The van der Waals surface area contributed by atoms with Crippen molar-refractivity contribution in [3.8, 4) is 44.5 Å². The Bertz CT molecular complexity index is 2680. The van der Waals surface area contributed by atoms with Gasteiger partial charge in [0.2, 0.25) is 0 Å². The van der Waals surface area contributed by atoms with Gasteiger partial charge in [-0.15, -0.1) is 0 Å². The summed E-state index contributed by atoms with van der Waals surface area (Å²) in [5.41, 5.74) is 17.2. The van der Waals surface area contributed by atoms with Gasteiger partial charge >= 0.3 is 0 Å². The fourth-order valence-electron chi connectivity index (χ4n) is 8.33. The molecule has 0 aliphatic carbocycles. The van der Waals surface area contributed by atoms with Crippen LogP contribution in [0.15, 0.2) is 127 Å². The maximum absolute atomic E-state index is 13.1. The first kappa shape index (κ1) is 35.1. The molecule has 9 rings (SSSR count). The van der Waals surface area contributed by atoms with Crippen molar-refractivity contribution in [3.63, 3.8) is 0 Å². The summed E-state index contributed by atoms with van der Waals surface area (Å²) < 4.78 is 0. The van der Waals surface area contributed by atoms with Gasteiger partial charge in [-0.05, 0) is 78.0 Å². The van der Waals surface area contributed by atoms with Crippen LogP contribution in [-0.2, 0) is 6.42 Å². The van der Waals surface area contributed by atoms with E-state index in [0.29, 0.717) is 6.42 Å². The third-order valence-corrected chi connectivity index (χ3v) is 11.2. The van der Waals surface area contributed by atoms with Crippen LogP contribution in [0.4, 0.5) is 0 Å². The van der Waals surface area contributed by atoms with Gasteiger partial charge in [0.25, 0.3) is 0 Å². The van der Waals surface area contributed by atoms with Gasteiger partial charge < -0.3 is 9.97 Å². The molecule has 0 saturated heterocycles. The van der Waals surface area contributed by atoms with Crippen molar-refractivity contribution in [2.75, 3.05) is 0 Å². The highest BCUT2D eigenvalue weighted by Crippen LogP contribution is 2.42. The zero-order valence-electron chi connectivity index (χ0n) is 31.8. The molecular weight excluding hydrogens is 685 g/mol. The Morgan fingerprint density at radius 1 is 0.554 bits per heavy atom. The van der Waals surface area contributed by atoms with Crippen LogP contribution in [0.3, 0.4) is 0 Å². The number of H-pyrrole nitrogens is 2. The Balaban J connectivity index is 1.42. The van der Waals surface area contributed by atoms with Crippen molar-refractivity contribution < 1.29 is 4.79 Å². The molecule has 0 amide bonds. The molecule has 1 atom stereocenters. The fourth-order valence-corrected chi connectivity index (χ4v) is 8.33. The molecule has 0 fully saturated rings. The summed E-state index contributed by atoms with van der Waals surface area (Å²) in [4.78, 5) is 31.8. The van der Waals surface area contributed by atoms with E-state index in [9.17, 15) is 4.79 Å². The van der Waals surface area contributed by atoms with Gasteiger partial charge in [-0.2, -0.15) is 0 Å². The smallest absolute Gasteiger partial charge is 0.162 e. The molecule has 3 aliphatic heterocycles. The summed E-state index contributed by atoms with van der Waals surface area (Å²) in [7, 11) is 0. The zero-order chi connectivity index (χ0) is 38.0. The maximum Gasteiger partial charge on any atom is 0.162 e. The lowest BCUT2D eigenvalue weighted by Gasteiger charge is -2.13. The van der Waals surface area contributed by atoms with Crippen molar-refractivity contribution in [3.05, 3.63) is 167 Å². The predicted molar refractivity (Wildman–Crippen MR) is 233 cm³/mol. The van der Waals surface area contributed by atoms with E-state index in [1.807, 2.05) is 18.2 Å². The number of ketones is 1. The molecule has 3 aliphatic rings. The minimum atomic E-state index is 0.188. The number of benzene rings is 4. The average Bonchev–Trinajstić information content (AvgIpc) is 4.09. The number of hydrogen-bond donors (Lipinski definition) is 2. The summed E-state index contributed by atoms with van der Waals surface area (Å²) in [5, 5.41) is 0. The minimum Gasteiger partial charge on any atom is -0.361 e. The number of carbonyl (C=O) groups excluding carboxylic acids is 1. The van der Waals surface area contributed by atoms with Gasteiger partial charge in [0.15, 0.2) is 5.78 Å². The topological polar surface area (TPSA) is 74.4 Å². The zero-order valence-corrected chi connectivity index (χ0v) is 31.8. The van der Waals surface area contributed by atoms with Crippen LogP contribution in [-0.4, -0.2) is 25.7 Å². The van der Waals surface area contributed by atoms with Gasteiger partial charge in [0.1, 0.15) is 0 Å². The lowest BCUT2D eigenvalue weighted by molar-refractivity contribution is 0.0980. The fraction of sp³-hybridized carbons (Fsp3) is 0.157. The Labute approximate surface area is 328 Å². The molecule has 1 unspecified atom stereocenters. The third-order valence-electron chi connectivity index (χ3n) is 11.2. The average molecular weight is 729 g/mol. The Morgan fingerprint density at radius 2 is 1.02 bits per heavy atom. The molecule has 5 nitrogen and oxygen atoms in total. The van der Waals surface area contributed by atoms with E-state index in [0.717, 1.165) is 121 Å². The number of aromatic amines is 2. The van der Waals surface area contributed by atoms with Crippen LogP contribution < -0.4 is 0 Å². The SMILES string of the molecule is CCCCC(=O)c1ccc(-c2c3nc(c(-c4ccccc4)c4ccc([nH]4)c(-c4ccccc4)c4nc(c(-c5ccccc5)c5[nH]c2C(CC)C5)C=C4)C=C3)cc1. The van der Waals surface area contributed by atoms with Crippen LogP contribution >= 0.6 is 0 Å². The maximum atomic E-state index is 13.1. The standard InChI is InChI=1S/C51H44N4O/c1-3-5-21-46(56)34-22-24-38(25-23-34)50-44-31-30-42(54-44)48(36-17-11-7-12-18-36)40-27-26-39(52-40)47(35-15-9-6-10-16-35)41-28-29-43(53-41)49(37-19-13-8-14-20-37)45-32-33(4-2)51(50)55-45/h6-20,22-31,33,52,55H,3-5,21,32H2,1-2H3. The highest BCUT2D eigenvalue weighted by atomic mass is 16.1. The number of nitrogens with one attached hydrogen (secondary N) is 2. The number of hydrogen-bond acceptors (Lipinski definition) is 3. The van der Waals surface area contributed by atoms with E-state index in [1.54, 1.807) is 0 Å². The molecule has 0 spiro atoms. The molecule has 2 N–H and O–H groups in total. The highest BCUT2D eigenvalue weighted by Gasteiger charge is 2.27. The van der Waals surface area contributed by atoms with Crippen LogP contribution in [0.5, 0.6) is 0 Å². The predicted octanol–water partition coefficient (Wildman–Crippen LogP) is 13.2. The number of carbonyl (C=O) groups is 1. The number of aromatic nitrogens is 4. The third kappa shape index (κ3) is 6.60. The molecule has 274 valence electrons. The first-order valence-corrected chi connectivity index (χ1v) is 19.9. The molecule has 6 aromatic rings. The van der Waals surface area contributed by atoms with Crippen molar-refractivity contribution >= 4 is 41.1 Å². The van der Waals surface area contributed by atoms with Crippen LogP contribution in [0, 0.1) is 0 Å². The summed E-state index contributed by atoms with van der Waals surface area (Å²) in [6.45, 7) is 4.38. The second-order valence-electron chi connectivity index (χ2n) is 14.7. The summed E-state index contributed by atoms with van der Waals surface area (Å²) in [5.74, 6) is 0.400. The monoisotopic (exact) mass is 728 g/mol. The molecule has 5 heteroatoms. The molecule has 56 heavy (non-hydrogen) atoms. The second kappa shape index (κ2) is 15.3. The Hall–Kier alpha value is -6.59. The lowest BCUT2D eigenvalue weighted by atomic mass is 9.90. The molecule has 8 bridgehead atoms. The van der Waals surface area contributed by atoms with Crippen molar-refractivity contribution in [1.82, 2.24) is 19.9 Å². The summed E-state index contributed by atoms with van der Waals surface area (Å²) in [6, 6.07) is 44.2. The number of nitrogens with zero attached hydrogens (tertiary/aromatic N) is 2. The van der Waals surface area contributed by atoms with Gasteiger partial charge in [0.05, 0.1) is 22.8 Å². The molecule has 0 radical (unpaired) electrons. The Kier molecular flexibility index (Phi) is 9.58. The first-order valence-electron chi connectivity index (χ1n) is 19.9. The molecule has 0 saturated carbocycles.